The smallest absolute Gasteiger partial charge is 0.163 e. The summed E-state index contributed by atoms with van der Waals surface area (Å²) in [6.07, 6.45) is 0. The van der Waals surface area contributed by atoms with Crippen molar-refractivity contribution >= 4 is 17.3 Å². The molecule has 26 heavy (non-hydrogen) atoms. The summed E-state index contributed by atoms with van der Waals surface area (Å²) in [5.41, 5.74) is 0.331. The van der Waals surface area contributed by atoms with E-state index in [9.17, 15) is 8.78 Å². The molecule has 0 bridgehead atoms. The molecule has 4 nitrogen and oxygen atoms in total. The minimum atomic E-state index is -0.685. The van der Waals surface area contributed by atoms with Crippen LogP contribution < -0.4 is 10.6 Å². The van der Waals surface area contributed by atoms with E-state index < -0.39 is 11.6 Å². The van der Waals surface area contributed by atoms with Crippen LogP contribution in [0, 0.1) is 11.6 Å². The van der Waals surface area contributed by atoms with E-state index in [0.29, 0.717) is 17.5 Å². The molecule has 6 heteroatoms. The molecule has 0 spiro atoms. The number of nitrogens with one attached hydrogen (secondary N) is 2. The Labute approximate surface area is 151 Å². The minimum absolute atomic E-state index is 0.233. The van der Waals surface area contributed by atoms with Gasteiger partial charge in [-0.05, 0) is 32.9 Å². The first-order chi connectivity index (χ1) is 12.3. The Hall–Kier alpha value is -3.02. The van der Waals surface area contributed by atoms with Gasteiger partial charge in [0.1, 0.15) is 29.0 Å². The molecule has 0 aliphatic heterocycles. The van der Waals surface area contributed by atoms with Crippen molar-refractivity contribution in [2.24, 2.45) is 0 Å². The highest BCUT2D eigenvalue weighted by molar-refractivity contribution is 5.65. The van der Waals surface area contributed by atoms with E-state index in [-0.39, 0.29) is 11.2 Å². The zero-order valence-electron chi connectivity index (χ0n) is 14.8. The molecule has 1 aromatic heterocycles. The molecule has 0 saturated heterocycles. The molecular formula is C20H20F2N4. The van der Waals surface area contributed by atoms with Crippen molar-refractivity contribution in [3.8, 4) is 11.4 Å². The second-order valence-electron chi connectivity index (χ2n) is 6.92. The lowest BCUT2D eigenvalue weighted by molar-refractivity contribution is 0.590. The minimum Gasteiger partial charge on any atom is -0.365 e. The van der Waals surface area contributed by atoms with Crippen LogP contribution in [0.1, 0.15) is 20.8 Å². The van der Waals surface area contributed by atoms with Gasteiger partial charge in [0.05, 0.1) is 0 Å². The Kier molecular flexibility index (Phi) is 4.84. The van der Waals surface area contributed by atoms with Gasteiger partial charge in [0.15, 0.2) is 5.82 Å². The summed E-state index contributed by atoms with van der Waals surface area (Å²) in [6, 6.07) is 14.7. The summed E-state index contributed by atoms with van der Waals surface area (Å²) in [6.45, 7) is 6.00. The Morgan fingerprint density at radius 3 is 2.04 bits per heavy atom. The van der Waals surface area contributed by atoms with Gasteiger partial charge in [0.25, 0.3) is 0 Å². The van der Waals surface area contributed by atoms with Crippen LogP contribution in [-0.4, -0.2) is 15.5 Å². The summed E-state index contributed by atoms with van der Waals surface area (Å²) in [4.78, 5) is 8.94. The quantitative estimate of drug-likeness (QED) is 0.661. The van der Waals surface area contributed by atoms with Gasteiger partial charge >= 0.3 is 0 Å². The first-order valence-electron chi connectivity index (χ1n) is 8.25. The number of para-hydroxylation sites is 1. The van der Waals surface area contributed by atoms with Crippen LogP contribution in [0.25, 0.3) is 11.4 Å². The van der Waals surface area contributed by atoms with Crippen LogP contribution >= 0.6 is 0 Å². The average molecular weight is 354 g/mol. The second-order valence-corrected chi connectivity index (χ2v) is 6.92. The molecule has 0 amide bonds. The van der Waals surface area contributed by atoms with Gasteiger partial charge < -0.3 is 10.6 Å². The molecule has 0 aliphatic rings. The van der Waals surface area contributed by atoms with Gasteiger partial charge in [-0.25, -0.2) is 18.7 Å². The molecule has 134 valence electrons. The van der Waals surface area contributed by atoms with Crippen LogP contribution in [0.15, 0.2) is 54.6 Å². The maximum Gasteiger partial charge on any atom is 0.163 e. The maximum absolute atomic E-state index is 14.0. The van der Waals surface area contributed by atoms with E-state index in [1.165, 1.54) is 18.2 Å². The van der Waals surface area contributed by atoms with Gasteiger partial charge in [0.2, 0.25) is 0 Å². The number of hydrogen-bond donors (Lipinski definition) is 2. The topological polar surface area (TPSA) is 49.8 Å². The third-order valence-corrected chi connectivity index (χ3v) is 3.48. The van der Waals surface area contributed by atoms with Gasteiger partial charge in [-0.2, -0.15) is 0 Å². The highest BCUT2D eigenvalue weighted by Gasteiger charge is 2.15. The standard InChI is InChI=1S/C20H20F2N4/c1-20(2,3)26-17-12-16(23-18-14(21)10-7-11-15(18)22)24-19(25-17)13-8-5-4-6-9-13/h4-12H,1-3H3,(H2,23,24,25,26). The van der Waals surface area contributed by atoms with E-state index in [0.717, 1.165) is 5.56 Å². The summed E-state index contributed by atoms with van der Waals surface area (Å²) >= 11 is 0. The van der Waals surface area contributed by atoms with Crippen molar-refractivity contribution in [2.75, 3.05) is 10.6 Å². The zero-order valence-corrected chi connectivity index (χ0v) is 14.8. The van der Waals surface area contributed by atoms with Gasteiger partial charge in [-0.15, -0.1) is 0 Å². The van der Waals surface area contributed by atoms with Crippen LogP contribution in [0.2, 0.25) is 0 Å². The van der Waals surface area contributed by atoms with Gasteiger partial charge in [-0.1, -0.05) is 36.4 Å². The number of anilines is 3. The Morgan fingerprint density at radius 2 is 1.42 bits per heavy atom. The molecule has 0 atom stereocenters. The number of nitrogens with zero attached hydrogens (tertiary/aromatic N) is 2. The van der Waals surface area contributed by atoms with Crippen LogP contribution in [0.3, 0.4) is 0 Å². The third-order valence-electron chi connectivity index (χ3n) is 3.48. The van der Waals surface area contributed by atoms with Crippen molar-refractivity contribution in [1.29, 1.82) is 0 Å². The predicted octanol–water partition coefficient (Wildman–Crippen LogP) is 5.38. The normalized spacial score (nSPS) is 11.3. The summed E-state index contributed by atoms with van der Waals surface area (Å²) in [5.74, 6) is -0.0512. The Bertz CT molecular complexity index is 885. The van der Waals surface area contributed by atoms with Gasteiger partial charge in [-0.3, -0.25) is 0 Å². The SMILES string of the molecule is CC(C)(C)Nc1cc(Nc2c(F)cccc2F)nc(-c2ccccc2)n1. The molecule has 3 rings (SSSR count). The fourth-order valence-corrected chi connectivity index (χ4v) is 2.42. The molecule has 1 heterocycles. The van der Waals surface area contributed by atoms with E-state index in [2.05, 4.69) is 20.6 Å². The Morgan fingerprint density at radius 1 is 0.808 bits per heavy atom. The first kappa shape index (κ1) is 17.8. The third kappa shape index (κ3) is 4.33. The number of benzene rings is 2. The molecule has 0 unspecified atom stereocenters. The lowest BCUT2D eigenvalue weighted by Crippen LogP contribution is -2.26. The summed E-state index contributed by atoms with van der Waals surface area (Å²) in [5, 5.41) is 6.00. The van der Waals surface area contributed by atoms with Crippen molar-refractivity contribution in [3.05, 3.63) is 66.2 Å². The largest absolute Gasteiger partial charge is 0.365 e. The van der Waals surface area contributed by atoms with E-state index in [1.54, 1.807) is 6.07 Å². The number of rotatable bonds is 4. The molecule has 0 fully saturated rings. The van der Waals surface area contributed by atoms with E-state index in [4.69, 9.17) is 0 Å². The fourth-order valence-electron chi connectivity index (χ4n) is 2.42. The van der Waals surface area contributed by atoms with Crippen LogP contribution in [-0.2, 0) is 0 Å². The second kappa shape index (κ2) is 7.07. The van der Waals surface area contributed by atoms with Crippen LogP contribution in [0.5, 0.6) is 0 Å². The molecule has 0 saturated carbocycles. The lowest BCUT2D eigenvalue weighted by atomic mass is 10.1. The van der Waals surface area contributed by atoms with Crippen LogP contribution in [0.4, 0.5) is 26.1 Å². The summed E-state index contributed by atoms with van der Waals surface area (Å²) < 4.78 is 27.9. The molecule has 2 aromatic carbocycles. The number of aromatic nitrogens is 2. The zero-order chi connectivity index (χ0) is 18.7. The first-order valence-corrected chi connectivity index (χ1v) is 8.25. The molecule has 0 radical (unpaired) electrons. The van der Waals surface area contributed by atoms with Crippen molar-refractivity contribution in [2.45, 2.75) is 26.3 Å². The average Bonchev–Trinajstić information content (AvgIpc) is 2.57. The highest BCUT2D eigenvalue weighted by Crippen LogP contribution is 2.26. The van der Waals surface area contributed by atoms with Crippen molar-refractivity contribution < 1.29 is 8.78 Å². The van der Waals surface area contributed by atoms with Crippen molar-refractivity contribution in [1.82, 2.24) is 9.97 Å². The lowest BCUT2D eigenvalue weighted by Gasteiger charge is -2.22. The molecular weight excluding hydrogens is 334 g/mol. The maximum atomic E-state index is 14.0. The fraction of sp³-hybridized carbons (Fsp3) is 0.200. The monoisotopic (exact) mass is 354 g/mol. The summed E-state index contributed by atoms with van der Waals surface area (Å²) in [7, 11) is 0. The predicted molar refractivity (Wildman–Crippen MR) is 100 cm³/mol. The molecule has 2 N–H and O–H groups in total. The Balaban J connectivity index is 2.05. The number of halogens is 2. The molecule has 0 aliphatic carbocycles. The number of hydrogen-bond acceptors (Lipinski definition) is 4. The van der Waals surface area contributed by atoms with E-state index in [1.807, 2.05) is 51.1 Å². The van der Waals surface area contributed by atoms with E-state index >= 15 is 0 Å². The van der Waals surface area contributed by atoms with Gasteiger partial charge in [0, 0.05) is 17.2 Å². The highest BCUT2D eigenvalue weighted by atomic mass is 19.1. The van der Waals surface area contributed by atoms with Crippen molar-refractivity contribution in [3.63, 3.8) is 0 Å². The molecule has 3 aromatic rings.